The summed E-state index contributed by atoms with van der Waals surface area (Å²) in [5, 5.41) is 39.7. The van der Waals surface area contributed by atoms with Crippen molar-refractivity contribution >= 4 is 64.1 Å². The molecule has 48 heavy (non-hydrogen) atoms. The minimum atomic E-state index is -1.66. The Kier molecular flexibility index (Phi) is 13.8. The molecule has 0 radical (unpaired) electrons. The van der Waals surface area contributed by atoms with Gasteiger partial charge in [-0.15, -0.1) is 0 Å². The standard InChI is InChI=1S/C30H37N5O13/c1-13(2)26(35-27(44)18(7-8-22(37)38)33-29(46)19(11-23(39)40)31-15(4)36)30(47)34-20(12-24(41)42)28(45)32-16-5-6-17-14(3)9-25(43)48-21(17)10-16/h5-6,9-10,13,18-20,26H,7-8,11-12H2,1-4H3,(H,31,36)(H,32,45)(H,33,46)(H,34,47)(H,35,44)(H,37,38)(H,39,40)(H,41,42)/t18-,19-,20-,26-/m1/s1. The van der Waals surface area contributed by atoms with Crippen LogP contribution < -0.4 is 32.2 Å². The van der Waals surface area contributed by atoms with Crippen molar-refractivity contribution in [1.29, 1.82) is 0 Å². The van der Waals surface area contributed by atoms with Gasteiger partial charge in [0.15, 0.2) is 0 Å². The van der Waals surface area contributed by atoms with Crippen LogP contribution in [0.3, 0.4) is 0 Å². The molecule has 2 aromatic rings. The highest BCUT2D eigenvalue weighted by Gasteiger charge is 2.34. The lowest BCUT2D eigenvalue weighted by Gasteiger charge is -2.27. The van der Waals surface area contributed by atoms with Gasteiger partial charge in [0.2, 0.25) is 29.5 Å². The van der Waals surface area contributed by atoms with Gasteiger partial charge in [-0.25, -0.2) is 4.79 Å². The van der Waals surface area contributed by atoms with E-state index in [1.807, 2.05) is 0 Å². The van der Waals surface area contributed by atoms with Gasteiger partial charge in [0.05, 0.1) is 12.8 Å². The Morgan fingerprint density at radius 3 is 1.83 bits per heavy atom. The number of carboxylic acids is 3. The summed E-state index contributed by atoms with van der Waals surface area (Å²) in [5.41, 5.74) is 0.264. The van der Waals surface area contributed by atoms with E-state index >= 15 is 0 Å². The molecule has 18 nitrogen and oxygen atoms in total. The van der Waals surface area contributed by atoms with Crippen molar-refractivity contribution in [3.63, 3.8) is 0 Å². The number of aliphatic carboxylic acids is 3. The fraction of sp³-hybridized carbons (Fsp3) is 0.433. The second-order valence-corrected chi connectivity index (χ2v) is 11.2. The number of aryl methyl sites for hydroxylation is 1. The van der Waals surface area contributed by atoms with Crippen LogP contribution in [0.25, 0.3) is 11.0 Å². The number of amides is 5. The maximum atomic E-state index is 13.3. The minimum absolute atomic E-state index is 0.122. The zero-order valence-corrected chi connectivity index (χ0v) is 26.4. The number of hydrogen-bond donors (Lipinski definition) is 8. The SMILES string of the molecule is CC(=O)N[C@H](CC(=O)O)C(=O)N[C@H](CCC(=O)O)C(=O)N[C@@H](C(=O)N[C@H](CC(=O)O)C(=O)Nc1ccc2c(C)cc(=O)oc2c1)C(C)C. The Labute approximate surface area is 272 Å². The molecule has 1 aromatic carbocycles. The van der Waals surface area contributed by atoms with Gasteiger partial charge < -0.3 is 46.3 Å². The highest BCUT2D eigenvalue weighted by molar-refractivity contribution is 6.01. The lowest BCUT2D eigenvalue weighted by molar-refractivity contribution is -0.142. The van der Waals surface area contributed by atoms with E-state index in [1.54, 1.807) is 13.0 Å². The molecule has 8 N–H and O–H groups in total. The normalized spacial score (nSPS) is 13.4. The van der Waals surface area contributed by atoms with Crippen LogP contribution in [0.2, 0.25) is 0 Å². The Hall–Kier alpha value is -5.81. The van der Waals surface area contributed by atoms with Gasteiger partial charge in [0, 0.05) is 36.6 Å². The first-order valence-corrected chi connectivity index (χ1v) is 14.6. The van der Waals surface area contributed by atoms with E-state index in [0.29, 0.717) is 10.9 Å². The number of rotatable bonds is 17. The quantitative estimate of drug-likeness (QED) is 0.0980. The Morgan fingerprint density at radius 1 is 0.729 bits per heavy atom. The van der Waals surface area contributed by atoms with Crippen LogP contribution in [-0.2, 0) is 38.4 Å². The summed E-state index contributed by atoms with van der Waals surface area (Å²) in [6.07, 6.45) is -2.84. The summed E-state index contributed by atoms with van der Waals surface area (Å²) >= 11 is 0. The average molecular weight is 676 g/mol. The number of benzene rings is 1. The number of carboxylic acid groups (broad SMARTS) is 3. The fourth-order valence-corrected chi connectivity index (χ4v) is 4.50. The highest BCUT2D eigenvalue weighted by atomic mass is 16.4. The van der Waals surface area contributed by atoms with E-state index in [-0.39, 0.29) is 11.3 Å². The van der Waals surface area contributed by atoms with Gasteiger partial charge in [-0.2, -0.15) is 0 Å². The molecule has 0 aliphatic carbocycles. The number of hydrogen-bond acceptors (Lipinski definition) is 10. The molecular weight excluding hydrogens is 638 g/mol. The van der Waals surface area contributed by atoms with E-state index in [9.17, 15) is 48.3 Å². The van der Waals surface area contributed by atoms with Gasteiger partial charge in [-0.3, -0.25) is 38.4 Å². The molecule has 0 unspecified atom stereocenters. The molecular formula is C30H37N5O13. The van der Waals surface area contributed by atoms with E-state index in [0.717, 1.165) is 6.92 Å². The van der Waals surface area contributed by atoms with Crippen LogP contribution in [0, 0.1) is 12.8 Å². The third-order valence-corrected chi connectivity index (χ3v) is 6.83. The molecule has 0 aliphatic rings. The number of nitrogens with one attached hydrogen (secondary N) is 5. The Bertz CT molecular complexity index is 1640. The number of carbonyl (C=O) groups is 8. The van der Waals surface area contributed by atoms with Crippen molar-refractivity contribution in [2.24, 2.45) is 5.92 Å². The molecule has 2 rings (SSSR count). The van der Waals surface area contributed by atoms with Gasteiger partial charge in [0.25, 0.3) is 0 Å². The summed E-state index contributed by atoms with van der Waals surface area (Å²) in [7, 11) is 0. The average Bonchev–Trinajstić information content (AvgIpc) is 2.95. The zero-order valence-electron chi connectivity index (χ0n) is 26.4. The second-order valence-electron chi connectivity index (χ2n) is 11.2. The Balaban J connectivity index is 2.27. The third kappa shape index (κ3) is 11.8. The van der Waals surface area contributed by atoms with Gasteiger partial charge in [0.1, 0.15) is 29.8 Å². The highest BCUT2D eigenvalue weighted by Crippen LogP contribution is 2.21. The summed E-state index contributed by atoms with van der Waals surface area (Å²) in [6.45, 7) is 5.73. The minimum Gasteiger partial charge on any atom is -0.481 e. The van der Waals surface area contributed by atoms with Crippen molar-refractivity contribution in [3.8, 4) is 0 Å². The van der Waals surface area contributed by atoms with Gasteiger partial charge in [-0.05, 0) is 37.0 Å². The van der Waals surface area contributed by atoms with E-state index in [1.165, 1.54) is 32.0 Å². The largest absolute Gasteiger partial charge is 0.481 e. The predicted molar refractivity (Wildman–Crippen MR) is 165 cm³/mol. The second kappa shape index (κ2) is 17.2. The fourth-order valence-electron chi connectivity index (χ4n) is 4.50. The number of anilines is 1. The van der Waals surface area contributed by atoms with Crippen molar-refractivity contribution in [2.45, 2.75) is 77.5 Å². The van der Waals surface area contributed by atoms with Crippen molar-refractivity contribution in [1.82, 2.24) is 21.3 Å². The molecule has 1 heterocycles. The maximum absolute atomic E-state index is 13.3. The smallest absolute Gasteiger partial charge is 0.336 e. The molecule has 18 heteroatoms. The van der Waals surface area contributed by atoms with Gasteiger partial charge >= 0.3 is 23.5 Å². The van der Waals surface area contributed by atoms with Crippen molar-refractivity contribution in [3.05, 3.63) is 40.2 Å². The van der Waals surface area contributed by atoms with Crippen molar-refractivity contribution < 1.29 is 58.1 Å². The molecule has 5 amide bonds. The van der Waals surface area contributed by atoms with Crippen LogP contribution in [0.1, 0.15) is 52.0 Å². The molecule has 260 valence electrons. The summed E-state index contributed by atoms with van der Waals surface area (Å²) < 4.78 is 5.16. The third-order valence-electron chi connectivity index (χ3n) is 6.83. The summed E-state index contributed by atoms with van der Waals surface area (Å²) in [4.78, 5) is 110. The lowest BCUT2D eigenvalue weighted by atomic mass is 10.0. The van der Waals surface area contributed by atoms with Crippen LogP contribution in [0.4, 0.5) is 5.69 Å². The molecule has 4 atom stereocenters. The first-order chi connectivity index (χ1) is 22.4. The molecule has 0 fully saturated rings. The van der Waals surface area contributed by atoms with Crippen LogP contribution >= 0.6 is 0 Å². The van der Waals surface area contributed by atoms with Crippen LogP contribution in [0.5, 0.6) is 0 Å². The Morgan fingerprint density at radius 2 is 1.29 bits per heavy atom. The number of fused-ring (bicyclic) bond motifs is 1. The van der Waals surface area contributed by atoms with Crippen LogP contribution in [-0.4, -0.2) is 86.9 Å². The monoisotopic (exact) mass is 675 g/mol. The number of carbonyl (C=O) groups excluding carboxylic acids is 5. The molecule has 0 saturated heterocycles. The van der Waals surface area contributed by atoms with Crippen molar-refractivity contribution in [2.75, 3.05) is 5.32 Å². The molecule has 1 aromatic heterocycles. The molecule has 0 aliphatic heterocycles. The lowest BCUT2D eigenvalue weighted by Crippen LogP contribution is -2.59. The first-order valence-electron chi connectivity index (χ1n) is 14.6. The first kappa shape index (κ1) is 38.4. The van der Waals surface area contributed by atoms with E-state index in [2.05, 4.69) is 26.6 Å². The molecule has 0 bridgehead atoms. The zero-order chi connectivity index (χ0) is 36.3. The molecule has 0 spiro atoms. The predicted octanol–water partition coefficient (Wildman–Crippen LogP) is -0.531. The van der Waals surface area contributed by atoms with Crippen LogP contribution in [0.15, 0.2) is 33.5 Å². The van der Waals surface area contributed by atoms with Gasteiger partial charge in [-0.1, -0.05) is 13.8 Å². The van der Waals surface area contributed by atoms with E-state index in [4.69, 9.17) is 14.6 Å². The maximum Gasteiger partial charge on any atom is 0.336 e. The molecule has 0 saturated carbocycles. The summed E-state index contributed by atoms with van der Waals surface area (Å²) in [5.74, 6) is -9.79. The topological polar surface area (TPSA) is 288 Å². The summed E-state index contributed by atoms with van der Waals surface area (Å²) in [6, 6.07) is -0.645. The van der Waals surface area contributed by atoms with E-state index < -0.39 is 109 Å².